The number of piperazine rings is 1. The minimum atomic E-state index is -0.375. The van der Waals surface area contributed by atoms with Gasteiger partial charge >= 0.3 is 6.09 Å². The van der Waals surface area contributed by atoms with Crippen LogP contribution in [-0.2, 0) is 4.74 Å². The number of nitrogens with zero attached hydrogens (tertiary/aromatic N) is 2. The van der Waals surface area contributed by atoms with Crippen LogP contribution in [0.25, 0.3) is 0 Å². The minimum Gasteiger partial charge on any atom is -0.445 e. The third kappa shape index (κ3) is 3.76. The maximum atomic E-state index is 12.4. The summed E-state index contributed by atoms with van der Waals surface area (Å²) in [7, 11) is 0. The molecule has 0 bridgehead atoms. The van der Waals surface area contributed by atoms with Crippen LogP contribution in [0.2, 0.25) is 5.02 Å². The SMILES string of the molecule is C=CCOC(=O)N1CCN(C(=O)c2ccccc2Cl)CC1. The second-order valence-corrected chi connectivity index (χ2v) is 5.03. The average Bonchev–Trinajstić information content (AvgIpc) is 2.52. The molecule has 1 aliphatic heterocycles. The van der Waals surface area contributed by atoms with Crippen molar-refractivity contribution in [1.82, 2.24) is 9.80 Å². The number of carbonyl (C=O) groups excluding carboxylic acids is 2. The largest absolute Gasteiger partial charge is 0.445 e. The Morgan fingerprint density at radius 3 is 2.43 bits per heavy atom. The molecule has 0 spiro atoms. The van der Waals surface area contributed by atoms with Crippen LogP contribution in [0.4, 0.5) is 4.79 Å². The van der Waals surface area contributed by atoms with Crippen molar-refractivity contribution >= 4 is 23.6 Å². The molecule has 0 atom stereocenters. The van der Waals surface area contributed by atoms with Crippen LogP contribution in [0.1, 0.15) is 10.4 Å². The van der Waals surface area contributed by atoms with Gasteiger partial charge < -0.3 is 14.5 Å². The maximum Gasteiger partial charge on any atom is 0.410 e. The molecule has 1 heterocycles. The molecular weight excluding hydrogens is 292 g/mol. The molecule has 0 N–H and O–H groups in total. The van der Waals surface area contributed by atoms with Crippen molar-refractivity contribution in [3.8, 4) is 0 Å². The second kappa shape index (κ2) is 7.13. The molecule has 2 amide bonds. The monoisotopic (exact) mass is 308 g/mol. The fraction of sp³-hybridized carbons (Fsp3) is 0.333. The van der Waals surface area contributed by atoms with E-state index in [4.69, 9.17) is 16.3 Å². The van der Waals surface area contributed by atoms with E-state index in [0.717, 1.165) is 0 Å². The van der Waals surface area contributed by atoms with E-state index >= 15 is 0 Å². The molecule has 1 saturated heterocycles. The summed E-state index contributed by atoms with van der Waals surface area (Å²) < 4.78 is 4.97. The zero-order valence-corrected chi connectivity index (χ0v) is 12.4. The number of benzene rings is 1. The minimum absolute atomic E-state index is 0.111. The third-order valence-electron chi connectivity index (χ3n) is 3.25. The Kier molecular flexibility index (Phi) is 5.22. The molecular formula is C15H17ClN2O3. The predicted octanol–water partition coefficient (Wildman–Crippen LogP) is 2.42. The maximum absolute atomic E-state index is 12.4. The standard InChI is InChI=1S/C15H17ClN2O3/c1-2-11-21-15(20)18-9-7-17(8-10-18)14(19)12-5-3-4-6-13(12)16/h2-6H,1,7-11H2. The zero-order chi connectivity index (χ0) is 15.2. The van der Waals surface area contributed by atoms with Crippen molar-refractivity contribution in [2.24, 2.45) is 0 Å². The van der Waals surface area contributed by atoms with E-state index in [9.17, 15) is 9.59 Å². The smallest absolute Gasteiger partial charge is 0.410 e. The molecule has 112 valence electrons. The predicted molar refractivity (Wildman–Crippen MR) is 80.5 cm³/mol. The van der Waals surface area contributed by atoms with Gasteiger partial charge in [0.25, 0.3) is 5.91 Å². The Morgan fingerprint density at radius 1 is 1.19 bits per heavy atom. The van der Waals surface area contributed by atoms with Gasteiger partial charge in [0.15, 0.2) is 0 Å². The Labute approximate surface area is 128 Å². The van der Waals surface area contributed by atoms with Crippen LogP contribution < -0.4 is 0 Å². The van der Waals surface area contributed by atoms with Crippen LogP contribution in [-0.4, -0.2) is 54.6 Å². The van der Waals surface area contributed by atoms with E-state index in [1.807, 2.05) is 0 Å². The van der Waals surface area contributed by atoms with Crippen molar-refractivity contribution in [2.75, 3.05) is 32.8 Å². The van der Waals surface area contributed by atoms with Gasteiger partial charge in [-0.3, -0.25) is 4.79 Å². The summed E-state index contributed by atoms with van der Waals surface area (Å²) in [5.41, 5.74) is 0.488. The first-order valence-electron chi connectivity index (χ1n) is 6.70. The average molecular weight is 309 g/mol. The molecule has 0 unspecified atom stereocenters. The highest BCUT2D eigenvalue weighted by Crippen LogP contribution is 2.18. The van der Waals surface area contributed by atoms with E-state index in [1.54, 1.807) is 34.1 Å². The molecule has 21 heavy (non-hydrogen) atoms. The summed E-state index contributed by atoms with van der Waals surface area (Å²) >= 11 is 6.03. The molecule has 1 aromatic carbocycles. The lowest BCUT2D eigenvalue weighted by Gasteiger charge is -2.34. The lowest BCUT2D eigenvalue weighted by Crippen LogP contribution is -2.50. The van der Waals surface area contributed by atoms with Gasteiger partial charge in [-0.05, 0) is 12.1 Å². The van der Waals surface area contributed by atoms with Gasteiger partial charge in [0.1, 0.15) is 6.61 Å². The number of halogens is 1. The van der Waals surface area contributed by atoms with Gasteiger partial charge in [-0.2, -0.15) is 0 Å². The van der Waals surface area contributed by atoms with E-state index in [1.165, 1.54) is 6.08 Å². The highest BCUT2D eigenvalue weighted by atomic mass is 35.5. The van der Waals surface area contributed by atoms with Crippen LogP contribution in [0.5, 0.6) is 0 Å². The van der Waals surface area contributed by atoms with Crippen LogP contribution in [0.3, 0.4) is 0 Å². The summed E-state index contributed by atoms with van der Waals surface area (Å²) in [6, 6.07) is 6.96. The van der Waals surface area contributed by atoms with Crippen molar-refractivity contribution in [3.05, 3.63) is 47.5 Å². The number of hydrogen-bond donors (Lipinski definition) is 0. The molecule has 1 fully saturated rings. The molecule has 0 saturated carbocycles. The second-order valence-electron chi connectivity index (χ2n) is 4.62. The topological polar surface area (TPSA) is 49.9 Å². The Hall–Kier alpha value is -2.01. The summed E-state index contributed by atoms with van der Waals surface area (Å²) in [5.74, 6) is -0.111. The Balaban J connectivity index is 1.92. The Bertz CT molecular complexity index is 539. The first kappa shape index (κ1) is 15.4. The van der Waals surface area contributed by atoms with Gasteiger partial charge in [0.2, 0.25) is 0 Å². The van der Waals surface area contributed by atoms with Crippen molar-refractivity contribution < 1.29 is 14.3 Å². The molecule has 0 aliphatic carbocycles. The number of rotatable bonds is 3. The van der Waals surface area contributed by atoms with Crippen molar-refractivity contribution in [1.29, 1.82) is 0 Å². The molecule has 0 radical (unpaired) electrons. The first-order chi connectivity index (χ1) is 10.1. The third-order valence-corrected chi connectivity index (χ3v) is 3.58. The van der Waals surface area contributed by atoms with Crippen LogP contribution >= 0.6 is 11.6 Å². The Morgan fingerprint density at radius 2 is 1.81 bits per heavy atom. The van der Waals surface area contributed by atoms with E-state index < -0.39 is 0 Å². The van der Waals surface area contributed by atoms with Crippen LogP contribution in [0.15, 0.2) is 36.9 Å². The summed E-state index contributed by atoms with van der Waals surface area (Å²) in [5, 5.41) is 0.440. The van der Waals surface area contributed by atoms with Gasteiger partial charge in [0, 0.05) is 26.2 Å². The molecule has 6 heteroatoms. The molecule has 1 aliphatic rings. The summed E-state index contributed by atoms with van der Waals surface area (Å²) in [4.78, 5) is 27.3. The fourth-order valence-electron chi connectivity index (χ4n) is 2.12. The van der Waals surface area contributed by atoms with E-state index in [-0.39, 0.29) is 18.6 Å². The van der Waals surface area contributed by atoms with E-state index in [0.29, 0.717) is 36.8 Å². The highest BCUT2D eigenvalue weighted by molar-refractivity contribution is 6.33. The number of carbonyl (C=O) groups is 2. The van der Waals surface area contributed by atoms with Gasteiger partial charge in [0.05, 0.1) is 10.6 Å². The summed E-state index contributed by atoms with van der Waals surface area (Å²) in [6.45, 7) is 5.52. The first-order valence-corrected chi connectivity index (χ1v) is 7.07. The number of hydrogen-bond acceptors (Lipinski definition) is 3. The molecule has 0 aromatic heterocycles. The van der Waals surface area contributed by atoms with Gasteiger partial charge in [-0.1, -0.05) is 36.4 Å². The zero-order valence-electron chi connectivity index (χ0n) is 11.6. The summed E-state index contributed by atoms with van der Waals surface area (Å²) in [6.07, 6.45) is 1.15. The number of amides is 2. The van der Waals surface area contributed by atoms with Gasteiger partial charge in [-0.25, -0.2) is 4.79 Å². The molecule has 1 aromatic rings. The highest BCUT2D eigenvalue weighted by Gasteiger charge is 2.26. The van der Waals surface area contributed by atoms with Gasteiger partial charge in [-0.15, -0.1) is 0 Å². The normalized spacial score (nSPS) is 14.7. The molecule has 2 rings (SSSR count). The van der Waals surface area contributed by atoms with E-state index in [2.05, 4.69) is 6.58 Å². The quantitative estimate of drug-likeness (QED) is 0.806. The van der Waals surface area contributed by atoms with Crippen molar-refractivity contribution in [3.63, 3.8) is 0 Å². The fourth-order valence-corrected chi connectivity index (χ4v) is 2.34. The lowest BCUT2D eigenvalue weighted by molar-refractivity contribution is 0.0581. The number of ether oxygens (including phenoxy) is 1. The van der Waals surface area contributed by atoms with Crippen molar-refractivity contribution in [2.45, 2.75) is 0 Å². The lowest BCUT2D eigenvalue weighted by atomic mass is 10.2. The van der Waals surface area contributed by atoms with Crippen LogP contribution in [0, 0.1) is 0 Å². The molecule has 5 nitrogen and oxygen atoms in total.